The van der Waals surface area contributed by atoms with Gasteiger partial charge in [-0.2, -0.15) is 5.26 Å². The summed E-state index contributed by atoms with van der Waals surface area (Å²) >= 11 is 0. The molecule has 0 saturated heterocycles. The van der Waals surface area contributed by atoms with Gasteiger partial charge in [0.1, 0.15) is 5.54 Å². The monoisotopic (exact) mass is 311 g/mol. The molecular formula is C19H25N3O. The number of nitrogens with one attached hydrogen (secondary N) is 1. The number of aryl methyl sites for hydroxylation is 1. The van der Waals surface area contributed by atoms with Crippen molar-refractivity contribution < 1.29 is 4.79 Å². The predicted molar refractivity (Wildman–Crippen MR) is 89.6 cm³/mol. The average molecular weight is 311 g/mol. The van der Waals surface area contributed by atoms with Crippen molar-refractivity contribution in [2.75, 3.05) is 13.6 Å². The number of fused-ring (bicyclic) bond motifs is 1. The molecule has 4 nitrogen and oxygen atoms in total. The van der Waals surface area contributed by atoms with Gasteiger partial charge >= 0.3 is 0 Å². The van der Waals surface area contributed by atoms with E-state index in [1.165, 1.54) is 11.1 Å². The first-order valence-electron chi connectivity index (χ1n) is 8.54. The number of amides is 1. The SMILES string of the molecule is CN(CC(=O)N[C@@](C)(C#N)C1CC1)[C@@H]1CCCc2ccccc21. The minimum absolute atomic E-state index is 0.0495. The van der Waals surface area contributed by atoms with Crippen molar-refractivity contribution in [1.29, 1.82) is 5.26 Å². The summed E-state index contributed by atoms with van der Waals surface area (Å²) in [5, 5.41) is 12.3. The molecule has 2 aliphatic rings. The fourth-order valence-electron chi connectivity index (χ4n) is 3.73. The number of rotatable bonds is 5. The molecule has 23 heavy (non-hydrogen) atoms. The van der Waals surface area contributed by atoms with E-state index < -0.39 is 5.54 Å². The maximum atomic E-state index is 12.4. The third kappa shape index (κ3) is 3.40. The quantitative estimate of drug-likeness (QED) is 0.909. The van der Waals surface area contributed by atoms with Crippen molar-refractivity contribution in [2.24, 2.45) is 5.92 Å². The Kier molecular flexibility index (Phi) is 4.41. The van der Waals surface area contributed by atoms with Crippen LogP contribution in [0.25, 0.3) is 0 Å². The summed E-state index contributed by atoms with van der Waals surface area (Å²) < 4.78 is 0. The van der Waals surface area contributed by atoms with Crippen LogP contribution in [-0.4, -0.2) is 29.9 Å². The van der Waals surface area contributed by atoms with Crippen LogP contribution in [-0.2, 0) is 11.2 Å². The van der Waals surface area contributed by atoms with Gasteiger partial charge in [-0.05, 0) is 63.1 Å². The third-order valence-electron chi connectivity index (χ3n) is 5.29. The molecule has 2 atom stereocenters. The van der Waals surface area contributed by atoms with Gasteiger partial charge in [-0.15, -0.1) is 0 Å². The second-order valence-electron chi connectivity index (χ2n) is 7.16. The molecule has 0 aliphatic heterocycles. The van der Waals surface area contributed by atoms with Gasteiger partial charge in [0.05, 0.1) is 12.6 Å². The zero-order valence-corrected chi connectivity index (χ0v) is 14.0. The van der Waals surface area contributed by atoms with Crippen LogP contribution in [0.1, 0.15) is 49.8 Å². The van der Waals surface area contributed by atoms with Crippen LogP contribution in [0.2, 0.25) is 0 Å². The fourth-order valence-corrected chi connectivity index (χ4v) is 3.73. The second-order valence-corrected chi connectivity index (χ2v) is 7.16. The molecule has 1 aromatic carbocycles. The van der Waals surface area contributed by atoms with Gasteiger partial charge in [0.25, 0.3) is 0 Å². The minimum atomic E-state index is -0.706. The zero-order chi connectivity index (χ0) is 16.4. The molecule has 4 heteroatoms. The molecule has 0 radical (unpaired) electrons. The highest BCUT2D eigenvalue weighted by Crippen LogP contribution is 2.39. The number of hydrogen-bond acceptors (Lipinski definition) is 3. The van der Waals surface area contributed by atoms with Gasteiger partial charge in [-0.3, -0.25) is 9.69 Å². The van der Waals surface area contributed by atoms with Crippen LogP contribution in [0.15, 0.2) is 24.3 Å². The van der Waals surface area contributed by atoms with E-state index in [0.29, 0.717) is 18.5 Å². The largest absolute Gasteiger partial charge is 0.337 e. The van der Waals surface area contributed by atoms with Gasteiger partial charge in [0.2, 0.25) is 5.91 Å². The summed E-state index contributed by atoms with van der Waals surface area (Å²) in [6.07, 6.45) is 5.44. The van der Waals surface area contributed by atoms with Gasteiger partial charge in [0.15, 0.2) is 0 Å². The predicted octanol–water partition coefficient (Wildman–Crippen LogP) is 2.80. The Morgan fingerprint density at radius 2 is 2.13 bits per heavy atom. The molecule has 1 aromatic rings. The van der Waals surface area contributed by atoms with Crippen LogP contribution >= 0.6 is 0 Å². The van der Waals surface area contributed by atoms with Crippen LogP contribution in [0.4, 0.5) is 0 Å². The van der Waals surface area contributed by atoms with Crippen molar-refractivity contribution in [3.05, 3.63) is 35.4 Å². The number of nitrogens with zero attached hydrogens (tertiary/aromatic N) is 2. The van der Waals surface area contributed by atoms with E-state index >= 15 is 0 Å². The number of benzene rings is 1. The number of likely N-dealkylation sites (N-methyl/N-ethyl adjacent to an activating group) is 1. The van der Waals surface area contributed by atoms with E-state index in [1.54, 1.807) is 0 Å². The highest BCUT2D eigenvalue weighted by atomic mass is 16.2. The second kappa shape index (κ2) is 6.33. The normalized spacial score (nSPS) is 22.8. The number of hydrogen-bond donors (Lipinski definition) is 1. The van der Waals surface area contributed by atoms with Crippen molar-refractivity contribution in [3.8, 4) is 6.07 Å². The molecule has 1 fully saturated rings. The van der Waals surface area contributed by atoms with Gasteiger partial charge in [-0.1, -0.05) is 24.3 Å². The van der Waals surface area contributed by atoms with E-state index in [-0.39, 0.29) is 5.91 Å². The maximum absolute atomic E-state index is 12.4. The molecule has 122 valence electrons. The lowest BCUT2D eigenvalue weighted by Gasteiger charge is -2.33. The van der Waals surface area contributed by atoms with Crippen LogP contribution in [0, 0.1) is 17.2 Å². The molecule has 1 saturated carbocycles. The molecule has 3 rings (SSSR count). The van der Waals surface area contributed by atoms with Crippen molar-refractivity contribution in [1.82, 2.24) is 10.2 Å². The Bertz CT molecular complexity index is 632. The summed E-state index contributed by atoms with van der Waals surface area (Å²) in [5.74, 6) is 0.267. The van der Waals surface area contributed by atoms with E-state index in [4.69, 9.17) is 0 Å². The first-order valence-corrected chi connectivity index (χ1v) is 8.54. The minimum Gasteiger partial charge on any atom is -0.337 e. The van der Waals surface area contributed by atoms with Crippen molar-refractivity contribution in [2.45, 2.75) is 50.6 Å². The Labute approximate surface area is 138 Å². The van der Waals surface area contributed by atoms with Crippen LogP contribution in [0.3, 0.4) is 0 Å². The van der Waals surface area contributed by atoms with Gasteiger partial charge < -0.3 is 5.32 Å². The summed E-state index contributed by atoms with van der Waals surface area (Å²) in [4.78, 5) is 14.5. The first kappa shape index (κ1) is 16.0. The van der Waals surface area contributed by atoms with E-state index in [1.807, 2.05) is 14.0 Å². The molecule has 2 aliphatic carbocycles. The lowest BCUT2D eigenvalue weighted by Crippen LogP contribution is -2.50. The van der Waals surface area contributed by atoms with Gasteiger partial charge in [0, 0.05) is 6.04 Å². The molecule has 1 amide bonds. The molecule has 0 aromatic heterocycles. The molecule has 0 bridgehead atoms. The number of carbonyl (C=O) groups excluding carboxylic acids is 1. The molecular weight excluding hydrogens is 286 g/mol. The molecule has 1 N–H and O–H groups in total. The Morgan fingerprint density at radius 1 is 1.39 bits per heavy atom. The number of carbonyl (C=O) groups is 1. The van der Waals surface area contributed by atoms with Crippen LogP contribution < -0.4 is 5.32 Å². The van der Waals surface area contributed by atoms with E-state index in [0.717, 1.165) is 32.1 Å². The van der Waals surface area contributed by atoms with E-state index in [2.05, 4.69) is 40.6 Å². The first-order chi connectivity index (χ1) is 11.0. The summed E-state index contributed by atoms with van der Waals surface area (Å²) in [5.41, 5.74) is 2.04. The molecule has 0 unspecified atom stereocenters. The zero-order valence-electron chi connectivity index (χ0n) is 14.0. The average Bonchev–Trinajstić information content (AvgIpc) is 3.39. The van der Waals surface area contributed by atoms with Crippen molar-refractivity contribution >= 4 is 5.91 Å². The Morgan fingerprint density at radius 3 is 2.83 bits per heavy atom. The number of nitriles is 1. The van der Waals surface area contributed by atoms with Crippen LogP contribution in [0.5, 0.6) is 0 Å². The van der Waals surface area contributed by atoms with E-state index in [9.17, 15) is 10.1 Å². The molecule has 0 heterocycles. The topological polar surface area (TPSA) is 56.1 Å². The molecule has 0 spiro atoms. The summed E-state index contributed by atoms with van der Waals surface area (Å²) in [6.45, 7) is 2.18. The standard InChI is InChI=1S/C19H25N3O/c1-19(13-20,15-10-11-15)21-18(23)12-22(2)17-9-5-7-14-6-3-4-8-16(14)17/h3-4,6,8,15,17H,5,7,9-12H2,1-2H3,(H,21,23)/t17-,19+/m1/s1. The lowest BCUT2D eigenvalue weighted by atomic mass is 9.87. The highest BCUT2D eigenvalue weighted by molar-refractivity contribution is 5.79. The summed E-state index contributed by atoms with van der Waals surface area (Å²) in [7, 11) is 2.01. The maximum Gasteiger partial charge on any atom is 0.235 e. The summed E-state index contributed by atoms with van der Waals surface area (Å²) in [6, 6.07) is 11.1. The Hall–Kier alpha value is -1.86. The third-order valence-corrected chi connectivity index (χ3v) is 5.29. The van der Waals surface area contributed by atoms with Gasteiger partial charge in [-0.25, -0.2) is 0 Å². The smallest absolute Gasteiger partial charge is 0.235 e. The fraction of sp³-hybridized carbons (Fsp3) is 0.579. The van der Waals surface area contributed by atoms with Crippen molar-refractivity contribution in [3.63, 3.8) is 0 Å². The highest BCUT2D eigenvalue weighted by Gasteiger charge is 2.43. The Balaban J connectivity index is 1.64. The lowest BCUT2D eigenvalue weighted by molar-refractivity contribution is -0.124.